The molecule has 6 rings (SSSR count). The summed E-state index contributed by atoms with van der Waals surface area (Å²) in [6.45, 7) is 0. The summed E-state index contributed by atoms with van der Waals surface area (Å²) in [6, 6.07) is 4.78. The number of amides is 2. The Labute approximate surface area is 204 Å². The van der Waals surface area contributed by atoms with Crippen molar-refractivity contribution in [2.45, 2.75) is 0 Å². The standard InChI is InChI=1S/C7H3Cl2N3.C7H5N3O2.C7H4N2O2/c8-6-4-1-2-10-3-5(4)7(9)12-11-6;11-6-4-1-2-8-3-5(4)7(12)10-9-6;10-6-4-1-2-8-3-5(4)7(11)9-6/h1-3H;1-3H,(H,9,11)(H,10,12);1-3H,(H,9,10,11). The maximum Gasteiger partial charge on any atom is 0.272 e. The van der Waals surface area contributed by atoms with E-state index in [9.17, 15) is 19.2 Å². The maximum absolute atomic E-state index is 11.1. The van der Waals surface area contributed by atoms with Crippen LogP contribution in [-0.4, -0.2) is 47.2 Å². The molecule has 0 saturated heterocycles. The molecule has 0 fully saturated rings. The van der Waals surface area contributed by atoms with Gasteiger partial charge >= 0.3 is 0 Å². The van der Waals surface area contributed by atoms with Gasteiger partial charge in [0.2, 0.25) is 0 Å². The summed E-state index contributed by atoms with van der Waals surface area (Å²) in [5.41, 5.74) is 0.118. The van der Waals surface area contributed by atoms with E-state index in [-0.39, 0.29) is 22.9 Å². The Balaban J connectivity index is 0.000000124. The number of fused-ring (bicyclic) bond motifs is 3. The summed E-state index contributed by atoms with van der Waals surface area (Å²) in [4.78, 5) is 55.3. The average Bonchev–Trinajstić information content (AvgIpc) is 3.18. The van der Waals surface area contributed by atoms with E-state index in [1.165, 1.54) is 36.9 Å². The minimum absolute atomic E-state index is 0.307. The number of pyridine rings is 3. The summed E-state index contributed by atoms with van der Waals surface area (Å²) >= 11 is 11.5. The smallest absolute Gasteiger partial charge is 0.272 e. The van der Waals surface area contributed by atoms with Gasteiger partial charge in [-0.15, -0.1) is 10.2 Å². The predicted octanol–water partition coefficient (Wildman–Crippen LogP) is 1.91. The number of nitrogens with zero attached hydrogens (tertiary/aromatic N) is 5. The lowest BCUT2D eigenvalue weighted by atomic mass is 10.2. The van der Waals surface area contributed by atoms with Crippen molar-refractivity contribution in [3.8, 4) is 0 Å². The Morgan fingerprint density at radius 3 is 1.71 bits per heavy atom. The van der Waals surface area contributed by atoms with Crippen molar-refractivity contribution in [3.05, 3.63) is 97.5 Å². The molecule has 14 heteroatoms. The summed E-state index contributed by atoms with van der Waals surface area (Å²) < 4.78 is 0. The molecule has 0 atom stereocenters. The number of H-pyrrole nitrogens is 2. The van der Waals surface area contributed by atoms with Crippen molar-refractivity contribution >= 4 is 56.6 Å². The van der Waals surface area contributed by atoms with E-state index in [1.54, 1.807) is 18.5 Å². The van der Waals surface area contributed by atoms with Crippen LogP contribution in [0.3, 0.4) is 0 Å². The van der Waals surface area contributed by atoms with Gasteiger partial charge in [-0.25, -0.2) is 0 Å². The first-order chi connectivity index (χ1) is 16.9. The number of rotatable bonds is 0. The van der Waals surface area contributed by atoms with Crippen molar-refractivity contribution < 1.29 is 9.59 Å². The molecular weight excluding hydrogens is 499 g/mol. The fourth-order valence-electron chi connectivity index (χ4n) is 2.97. The number of hydrogen-bond donors (Lipinski definition) is 3. The minimum Gasteiger partial charge on any atom is -0.288 e. The van der Waals surface area contributed by atoms with Gasteiger partial charge in [0.05, 0.1) is 21.9 Å². The van der Waals surface area contributed by atoms with Crippen molar-refractivity contribution in [3.63, 3.8) is 0 Å². The summed E-state index contributed by atoms with van der Waals surface area (Å²) in [6.07, 6.45) is 8.94. The van der Waals surface area contributed by atoms with Crippen LogP contribution in [0.2, 0.25) is 10.3 Å². The third kappa shape index (κ3) is 5.03. The zero-order valence-corrected chi connectivity index (χ0v) is 18.8. The summed E-state index contributed by atoms with van der Waals surface area (Å²) in [5.74, 6) is -0.703. The van der Waals surface area contributed by atoms with Crippen molar-refractivity contribution in [2.75, 3.05) is 0 Å². The van der Waals surface area contributed by atoms with E-state index in [0.29, 0.717) is 32.2 Å². The fourth-order valence-corrected chi connectivity index (χ4v) is 3.36. The monoisotopic (exact) mass is 510 g/mol. The molecule has 0 unspecified atom stereocenters. The van der Waals surface area contributed by atoms with E-state index in [0.717, 1.165) is 10.8 Å². The number of halogens is 2. The molecule has 5 aromatic rings. The summed E-state index contributed by atoms with van der Waals surface area (Å²) in [7, 11) is 0. The third-order valence-corrected chi connectivity index (χ3v) is 5.19. The van der Waals surface area contributed by atoms with E-state index in [2.05, 4.69) is 40.7 Å². The van der Waals surface area contributed by atoms with Gasteiger partial charge in [0.15, 0.2) is 10.3 Å². The van der Waals surface area contributed by atoms with Crippen LogP contribution in [0.4, 0.5) is 0 Å². The first-order valence-corrected chi connectivity index (χ1v) is 10.4. The Morgan fingerprint density at radius 1 is 0.571 bits per heavy atom. The number of hydrogen-bond acceptors (Lipinski definition) is 9. The molecule has 5 aromatic heterocycles. The van der Waals surface area contributed by atoms with Crippen LogP contribution < -0.4 is 16.4 Å². The van der Waals surface area contributed by atoms with Gasteiger partial charge in [0, 0.05) is 48.0 Å². The molecule has 12 nitrogen and oxygen atoms in total. The largest absolute Gasteiger partial charge is 0.288 e. The first-order valence-electron chi connectivity index (χ1n) is 9.62. The fraction of sp³-hybridized carbons (Fsp3) is 0. The number of carbonyl (C=O) groups excluding carboxylic acids is 2. The highest BCUT2D eigenvalue weighted by atomic mass is 35.5. The Bertz CT molecular complexity index is 1580. The number of carbonyl (C=O) groups is 2. The zero-order chi connectivity index (χ0) is 24.9. The number of imide groups is 1. The second-order valence-electron chi connectivity index (χ2n) is 6.74. The maximum atomic E-state index is 11.1. The van der Waals surface area contributed by atoms with Crippen LogP contribution in [-0.2, 0) is 0 Å². The Morgan fingerprint density at radius 2 is 1.09 bits per heavy atom. The molecule has 0 aromatic carbocycles. The lowest BCUT2D eigenvalue weighted by molar-refractivity contribution is 0.0879. The van der Waals surface area contributed by atoms with Gasteiger partial charge in [-0.05, 0) is 18.2 Å². The third-order valence-electron chi connectivity index (χ3n) is 4.63. The molecular formula is C21H12Cl2N8O4. The predicted molar refractivity (Wildman–Crippen MR) is 126 cm³/mol. The van der Waals surface area contributed by atoms with Crippen LogP contribution in [0.15, 0.2) is 65.0 Å². The topological polar surface area (TPSA) is 176 Å². The average molecular weight is 511 g/mol. The molecule has 0 bridgehead atoms. The molecule has 1 aliphatic heterocycles. The van der Waals surface area contributed by atoms with E-state index >= 15 is 0 Å². The van der Waals surface area contributed by atoms with Crippen LogP contribution in [0.1, 0.15) is 20.7 Å². The highest BCUT2D eigenvalue weighted by molar-refractivity contribution is 6.38. The van der Waals surface area contributed by atoms with Crippen molar-refractivity contribution in [1.29, 1.82) is 0 Å². The molecule has 1 aliphatic rings. The van der Waals surface area contributed by atoms with Crippen LogP contribution in [0.5, 0.6) is 0 Å². The van der Waals surface area contributed by atoms with Gasteiger partial charge in [-0.3, -0.25) is 49.6 Å². The van der Waals surface area contributed by atoms with Crippen LogP contribution in [0.25, 0.3) is 21.5 Å². The van der Waals surface area contributed by atoms with Crippen LogP contribution >= 0.6 is 23.2 Å². The lowest BCUT2D eigenvalue weighted by Gasteiger charge is -1.97. The highest BCUT2D eigenvalue weighted by Gasteiger charge is 2.25. The Hall–Kier alpha value is -4.55. The van der Waals surface area contributed by atoms with E-state index in [4.69, 9.17) is 23.2 Å². The van der Waals surface area contributed by atoms with Gasteiger partial charge in [0.25, 0.3) is 22.9 Å². The number of aromatic amines is 2. The van der Waals surface area contributed by atoms with Crippen molar-refractivity contribution in [1.82, 2.24) is 40.7 Å². The number of aromatic nitrogens is 7. The van der Waals surface area contributed by atoms with Gasteiger partial charge < -0.3 is 0 Å². The molecule has 2 amide bonds. The molecule has 0 spiro atoms. The van der Waals surface area contributed by atoms with E-state index in [1.807, 2.05) is 0 Å². The quantitative estimate of drug-likeness (QED) is 0.262. The van der Waals surface area contributed by atoms with Gasteiger partial charge in [0.1, 0.15) is 0 Å². The zero-order valence-electron chi connectivity index (χ0n) is 17.3. The van der Waals surface area contributed by atoms with Crippen molar-refractivity contribution in [2.24, 2.45) is 0 Å². The lowest BCUT2D eigenvalue weighted by Crippen LogP contribution is -2.19. The second kappa shape index (κ2) is 10.2. The first kappa shape index (κ1) is 23.6. The second-order valence-corrected chi connectivity index (χ2v) is 7.45. The normalized spacial score (nSPS) is 11.7. The molecule has 35 heavy (non-hydrogen) atoms. The molecule has 6 heterocycles. The number of nitrogens with one attached hydrogen (secondary N) is 3. The van der Waals surface area contributed by atoms with Crippen LogP contribution in [0, 0.1) is 0 Å². The van der Waals surface area contributed by atoms with Gasteiger partial charge in [-0.2, -0.15) is 0 Å². The molecule has 0 aliphatic carbocycles. The molecule has 0 saturated carbocycles. The van der Waals surface area contributed by atoms with Gasteiger partial charge in [-0.1, -0.05) is 23.2 Å². The van der Waals surface area contributed by atoms with E-state index < -0.39 is 0 Å². The molecule has 0 radical (unpaired) electrons. The molecule has 3 N–H and O–H groups in total. The minimum atomic E-state index is -0.363. The summed E-state index contributed by atoms with van der Waals surface area (Å²) in [5, 5.41) is 16.7. The highest BCUT2D eigenvalue weighted by Crippen LogP contribution is 2.24. The molecule has 174 valence electrons. The Kier molecular flexibility index (Phi) is 6.85. The SMILES string of the molecule is Clc1nnc(Cl)c2cnccc12.O=C1NC(=O)c2cnccc21.O=c1[nH][nH]c(=O)c2cnccc12.